The molecule has 1 amide bonds. The Hall–Kier alpha value is -2.23. The SMILES string of the molecule is CCc1cc(CNC(=O)Cc2ccccc2)c(F)cn1. The van der Waals surface area contributed by atoms with Crippen LogP contribution in [0.5, 0.6) is 0 Å². The Morgan fingerprint density at radius 2 is 2.05 bits per heavy atom. The highest BCUT2D eigenvalue weighted by molar-refractivity contribution is 5.78. The van der Waals surface area contributed by atoms with E-state index in [4.69, 9.17) is 0 Å². The highest BCUT2D eigenvalue weighted by Gasteiger charge is 2.07. The molecule has 0 aliphatic heterocycles. The molecule has 2 aromatic rings. The molecule has 0 spiro atoms. The van der Waals surface area contributed by atoms with Crippen molar-refractivity contribution in [2.75, 3.05) is 0 Å². The number of aryl methyl sites for hydroxylation is 1. The van der Waals surface area contributed by atoms with Crippen molar-refractivity contribution in [3.05, 3.63) is 65.2 Å². The predicted octanol–water partition coefficient (Wildman–Crippen LogP) is 2.64. The van der Waals surface area contributed by atoms with E-state index in [1.165, 1.54) is 6.20 Å². The fraction of sp³-hybridized carbons (Fsp3) is 0.250. The molecule has 0 bridgehead atoms. The first-order chi connectivity index (χ1) is 9.69. The summed E-state index contributed by atoms with van der Waals surface area (Å²) in [5, 5.41) is 2.73. The molecule has 4 heteroatoms. The van der Waals surface area contributed by atoms with E-state index in [0.717, 1.165) is 17.7 Å². The lowest BCUT2D eigenvalue weighted by atomic mass is 10.1. The molecule has 0 saturated carbocycles. The number of aromatic nitrogens is 1. The Morgan fingerprint density at radius 1 is 1.30 bits per heavy atom. The van der Waals surface area contributed by atoms with Gasteiger partial charge in [0.05, 0.1) is 12.6 Å². The number of pyridine rings is 1. The maximum absolute atomic E-state index is 13.6. The molecule has 104 valence electrons. The van der Waals surface area contributed by atoms with E-state index in [1.807, 2.05) is 37.3 Å². The van der Waals surface area contributed by atoms with E-state index in [9.17, 15) is 9.18 Å². The monoisotopic (exact) mass is 272 g/mol. The van der Waals surface area contributed by atoms with Gasteiger partial charge in [-0.05, 0) is 18.1 Å². The number of rotatable bonds is 5. The van der Waals surface area contributed by atoms with Crippen LogP contribution in [0.3, 0.4) is 0 Å². The van der Waals surface area contributed by atoms with Gasteiger partial charge in [0.1, 0.15) is 5.82 Å². The molecule has 3 nitrogen and oxygen atoms in total. The van der Waals surface area contributed by atoms with Crippen molar-refractivity contribution in [1.82, 2.24) is 10.3 Å². The number of carbonyl (C=O) groups is 1. The van der Waals surface area contributed by atoms with Gasteiger partial charge < -0.3 is 5.32 Å². The molecule has 0 saturated heterocycles. The van der Waals surface area contributed by atoms with Crippen molar-refractivity contribution in [2.24, 2.45) is 0 Å². The minimum Gasteiger partial charge on any atom is -0.352 e. The molecule has 0 aliphatic carbocycles. The molecule has 0 radical (unpaired) electrons. The maximum atomic E-state index is 13.6. The molecule has 1 aromatic carbocycles. The molecule has 1 aromatic heterocycles. The first-order valence-corrected chi connectivity index (χ1v) is 6.63. The van der Waals surface area contributed by atoms with Gasteiger partial charge in [0.15, 0.2) is 0 Å². The molecule has 20 heavy (non-hydrogen) atoms. The normalized spacial score (nSPS) is 10.3. The summed E-state index contributed by atoms with van der Waals surface area (Å²) in [5.74, 6) is -0.507. The number of nitrogens with one attached hydrogen (secondary N) is 1. The maximum Gasteiger partial charge on any atom is 0.224 e. The summed E-state index contributed by atoms with van der Waals surface area (Å²) in [4.78, 5) is 15.8. The lowest BCUT2D eigenvalue weighted by Crippen LogP contribution is -2.25. The molecule has 0 aliphatic rings. The molecular weight excluding hydrogens is 255 g/mol. The second-order valence-corrected chi connectivity index (χ2v) is 4.56. The first kappa shape index (κ1) is 14.2. The van der Waals surface area contributed by atoms with Crippen LogP contribution in [-0.4, -0.2) is 10.9 Å². The molecular formula is C16H17FN2O. The summed E-state index contributed by atoms with van der Waals surface area (Å²) >= 11 is 0. The fourth-order valence-electron chi connectivity index (χ4n) is 1.90. The van der Waals surface area contributed by atoms with Crippen molar-refractivity contribution in [1.29, 1.82) is 0 Å². The van der Waals surface area contributed by atoms with E-state index in [-0.39, 0.29) is 18.3 Å². The Morgan fingerprint density at radius 3 is 2.75 bits per heavy atom. The number of nitrogens with zero attached hydrogens (tertiary/aromatic N) is 1. The van der Waals surface area contributed by atoms with Gasteiger partial charge in [-0.3, -0.25) is 9.78 Å². The van der Waals surface area contributed by atoms with Gasteiger partial charge in [-0.25, -0.2) is 4.39 Å². The molecule has 1 N–H and O–H groups in total. The van der Waals surface area contributed by atoms with Crippen molar-refractivity contribution in [3.8, 4) is 0 Å². The van der Waals surface area contributed by atoms with Crippen LogP contribution >= 0.6 is 0 Å². The van der Waals surface area contributed by atoms with Crippen LogP contribution in [0, 0.1) is 5.82 Å². The summed E-state index contributed by atoms with van der Waals surface area (Å²) in [6.45, 7) is 2.14. The van der Waals surface area contributed by atoms with E-state index in [1.54, 1.807) is 6.07 Å². The zero-order chi connectivity index (χ0) is 14.4. The fourth-order valence-corrected chi connectivity index (χ4v) is 1.90. The second kappa shape index (κ2) is 6.80. The molecule has 0 atom stereocenters. The Bertz CT molecular complexity index is 584. The van der Waals surface area contributed by atoms with Gasteiger partial charge in [0.25, 0.3) is 0 Å². The van der Waals surface area contributed by atoms with E-state index >= 15 is 0 Å². The summed E-state index contributed by atoms with van der Waals surface area (Å²) < 4.78 is 13.6. The van der Waals surface area contributed by atoms with Crippen LogP contribution in [0.15, 0.2) is 42.6 Å². The van der Waals surface area contributed by atoms with Crippen LogP contribution in [-0.2, 0) is 24.2 Å². The van der Waals surface area contributed by atoms with Crippen LogP contribution in [0.4, 0.5) is 4.39 Å². The summed E-state index contributed by atoms with van der Waals surface area (Å²) in [6, 6.07) is 11.2. The van der Waals surface area contributed by atoms with E-state index in [0.29, 0.717) is 12.0 Å². The van der Waals surface area contributed by atoms with Gasteiger partial charge in [-0.2, -0.15) is 0 Å². The van der Waals surface area contributed by atoms with Gasteiger partial charge in [0.2, 0.25) is 5.91 Å². The van der Waals surface area contributed by atoms with Gasteiger partial charge >= 0.3 is 0 Å². The average molecular weight is 272 g/mol. The molecule has 0 unspecified atom stereocenters. The topological polar surface area (TPSA) is 42.0 Å². The third-order valence-electron chi connectivity index (χ3n) is 3.04. The number of amides is 1. The average Bonchev–Trinajstić information content (AvgIpc) is 2.47. The number of hydrogen-bond donors (Lipinski definition) is 1. The van der Waals surface area contributed by atoms with Crippen molar-refractivity contribution >= 4 is 5.91 Å². The number of hydrogen-bond acceptors (Lipinski definition) is 2. The van der Waals surface area contributed by atoms with Gasteiger partial charge in [0, 0.05) is 17.8 Å². The van der Waals surface area contributed by atoms with E-state index in [2.05, 4.69) is 10.3 Å². The highest BCUT2D eigenvalue weighted by atomic mass is 19.1. The number of benzene rings is 1. The van der Waals surface area contributed by atoms with Crippen LogP contribution < -0.4 is 5.32 Å². The minimum atomic E-state index is -0.387. The summed E-state index contributed by atoms with van der Waals surface area (Å²) in [6.07, 6.45) is 2.25. The van der Waals surface area contributed by atoms with Crippen LogP contribution in [0.1, 0.15) is 23.7 Å². The van der Waals surface area contributed by atoms with Crippen LogP contribution in [0.2, 0.25) is 0 Å². The third-order valence-corrected chi connectivity index (χ3v) is 3.04. The lowest BCUT2D eigenvalue weighted by molar-refractivity contribution is -0.120. The highest BCUT2D eigenvalue weighted by Crippen LogP contribution is 2.08. The number of carbonyl (C=O) groups excluding carboxylic acids is 1. The van der Waals surface area contributed by atoms with Crippen molar-refractivity contribution in [3.63, 3.8) is 0 Å². The smallest absolute Gasteiger partial charge is 0.224 e. The van der Waals surface area contributed by atoms with Crippen LogP contribution in [0.25, 0.3) is 0 Å². The van der Waals surface area contributed by atoms with Gasteiger partial charge in [-0.1, -0.05) is 37.3 Å². The van der Waals surface area contributed by atoms with Gasteiger partial charge in [-0.15, -0.1) is 0 Å². The van der Waals surface area contributed by atoms with Crippen molar-refractivity contribution in [2.45, 2.75) is 26.3 Å². The second-order valence-electron chi connectivity index (χ2n) is 4.56. The molecule has 1 heterocycles. The Balaban J connectivity index is 1.93. The third kappa shape index (κ3) is 3.88. The number of halogens is 1. The lowest BCUT2D eigenvalue weighted by Gasteiger charge is -2.07. The zero-order valence-electron chi connectivity index (χ0n) is 11.4. The first-order valence-electron chi connectivity index (χ1n) is 6.63. The predicted molar refractivity (Wildman–Crippen MR) is 75.6 cm³/mol. The summed E-state index contributed by atoms with van der Waals surface area (Å²) in [7, 11) is 0. The summed E-state index contributed by atoms with van der Waals surface area (Å²) in [5.41, 5.74) is 2.23. The molecule has 0 fully saturated rings. The quantitative estimate of drug-likeness (QED) is 0.909. The standard InChI is InChI=1S/C16H17FN2O/c1-2-14-9-13(15(17)11-18-14)10-19-16(20)8-12-6-4-3-5-7-12/h3-7,9,11H,2,8,10H2,1H3,(H,19,20). The van der Waals surface area contributed by atoms with Crippen molar-refractivity contribution < 1.29 is 9.18 Å². The largest absolute Gasteiger partial charge is 0.352 e. The Kier molecular flexibility index (Phi) is 4.82. The Labute approximate surface area is 117 Å². The minimum absolute atomic E-state index is 0.120. The molecule has 2 rings (SSSR count). The van der Waals surface area contributed by atoms with E-state index < -0.39 is 0 Å². The zero-order valence-corrected chi connectivity index (χ0v) is 11.4.